The first-order chi connectivity index (χ1) is 34.2. The maximum absolute atomic E-state index is 12.0. The highest BCUT2D eigenvalue weighted by atomic mass is 35.5. The van der Waals surface area contributed by atoms with Crippen LogP contribution in [-0.4, -0.2) is 198 Å². The molecule has 4 atom stereocenters. The molecule has 3 heterocycles. The smallest absolute Gasteiger partial charge is 0.388 e. The number of methoxy groups -OCH3 is 1. The van der Waals surface area contributed by atoms with Gasteiger partial charge in [0.2, 0.25) is 5.28 Å². The molecule has 0 saturated carbocycles. The summed E-state index contributed by atoms with van der Waals surface area (Å²) >= 11 is 13.0. The summed E-state index contributed by atoms with van der Waals surface area (Å²) < 4.78 is 75.1. The van der Waals surface area contributed by atoms with E-state index in [2.05, 4.69) is 25.6 Å². The van der Waals surface area contributed by atoms with Crippen LogP contribution in [0.4, 0.5) is 11.6 Å². The van der Waals surface area contributed by atoms with E-state index in [0.29, 0.717) is 160 Å². The van der Waals surface area contributed by atoms with Gasteiger partial charge in [0.15, 0.2) is 0 Å². The molecule has 396 valence electrons. The molecule has 4 rings (SSSR count). The molecule has 0 aliphatic carbocycles. The van der Waals surface area contributed by atoms with Crippen molar-refractivity contribution in [2.75, 3.05) is 149 Å². The number of aromatic nitrogens is 5. The van der Waals surface area contributed by atoms with Crippen LogP contribution in [0.15, 0.2) is 30.5 Å². The highest BCUT2D eigenvalue weighted by molar-refractivity contribution is 7.39. The normalized spacial score (nSPS) is 15.6. The van der Waals surface area contributed by atoms with Crippen LogP contribution < -0.4 is 16.0 Å². The van der Waals surface area contributed by atoms with Crippen LogP contribution >= 0.6 is 31.2 Å². The molecule has 0 amide bonds. The molecule has 1 fully saturated rings. The first-order valence-corrected chi connectivity index (χ1v) is 25.3. The number of halogens is 2. The molecule has 23 nitrogen and oxygen atoms in total. The van der Waals surface area contributed by atoms with Gasteiger partial charge in [-0.1, -0.05) is 48.9 Å². The third-order valence-corrected chi connectivity index (χ3v) is 11.5. The maximum Gasteiger partial charge on any atom is 0.546 e. The second kappa shape index (κ2) is 37.6. The van der Waals surface area contributed by atoms with Crippen molar-refractivity contribution in [2.45, 2.75) is 64.1 Å². The summed E-state index contributed by atoms with van der Waals surface area (Å²) in [7, 11) is -1.56. The van der Waals surface area contributed by atoms with Gasteiger partial charge >= 0.3 is 13.4 Å². The summed E-state index contributed by atoms with van der Waals surface area (Å²) in [5, 5.41) is 28.3. The molecule has 1 aliphatic heterocycles. The minimum atomic E-state index is -2.91. The van der Waals surface area contributed by atoms with Crippen LogP contribution in [-0.2, 0) is 76.4 Å². The minimum Gasteiger partial charge on any atom is -0.388 e. The molecule has 3 aromatic rings. The van der Waals surface area contributed by atoms with Gasteiger partial charge in [-0.25, -0.2) is 4.68 Å². The minimum absolute atomic E-state index is 0.0573. The zero-order valence-corrected chi connectivity index (χ0v) is 43.0. The second-order valence-electron chi connectivity index (χ2n) is 14.9. The van der Waals surface area contributed by atoms with E-state index in [4.69, 9.17) is 86.5 Å². The number of aliphatic hydroxyl groups excluding tert-OH is 1. The van der Waals surface area contributed by atoms with Crippen molar-refractivity contribution < 1.29 is 66.7 Å². The lowest BCUT2D eigenvalue weighted by molar-refractivity contribution is -0.0980. The fourth-order valence-corrected chi connectivity index (χ4v) is 7.31. The fourth-order valence-electron chi connectivity index (χ4n) is 6.40. The topological polar surface area (TPSA) is 281 Å². The number of nitrogens with two attached hydrogens (primary N) is 1. The van der Waals surface area contributed by atoms with E-state index in [1.165, 1.54) is 7.11 Å². The standard InChI is InChI=1S/C42H66Cl2N9O14P.C2H6/c1-57-32-42(31-54,68(55)56)66-30-35-6-7-38(67-35)47-39-36(26-46)40(49-41(44)48-39)52(27-33-4-2-3-5-37(33)43)9-12-59-15-18-62-22-23-64-24-25-65-29-34-28-53(51-50-34)10-13-60-16-19-63-21-20-61-17-14-58-11-8-45;1-2/h2-5,26,28,35,38,46,54H,6-25,27,29-32,45H2,1H3,(H-,47,48,49,55,56);1-2H3/p+1. The molecule has 0 radical (unpaired) electrons. The largest absolute Gasteiger partial charge is 0.546 e. The van der Waals surface area contributed by atoms with Gasteiger partial charge in [0.1, 0.15) is 36.8 Å². The summed E-state index contributed by atoms with van der Waals surface area (Å²) in [6, 6.07) is 7.42. The first kappa shape index (κ1) is 61.1. The third kappa shape index (κ3) is 23.6. The molecule has 1 aromatic carbocycles. The van der Waals surface area contributed by atoms with Crippen LogP contribution in [0.25, 0.3) is 0 Å². The number of nitrogens with zero attached hydrogens (tertiary/aromatic N) is 6. The van der Waals surface area contributed by atoms with Gasteiger partial charge in [0.25, 0.3) is 0 Å². The van der Waals surface area contributed by atoms with Crippen LogP contribution in [0.1, 0.15) is 43.5 Å². The Morgan fingerprint density at radius 3 is 2.09 bits per heavy atom. The van der Waals surface area contributed by atoms with Gasteiger partial charge in [-0.3, -0.25) is 0 Å². The Hall–Kier alpha value is -3.17. The fraction of sp³-hybridized carbons (Fsp3) is 0.705. The Kier molecular flexibility index (Phi) is 32.8. The van der Waals surface area contributed by atoms with Crippen LogP contribution in [0.5, 0.6) is 0 Å². The number of ether oxygens (including phenoxy) is 11. The Morgan fingerprint density at radius 2 is 1.50 bits per heavy atom. The van der Waals surface area contributed by atoms with E-state index >= 15 is 0 Å². The van der Waals surface area contributed by atoms with Gasteiger partial charge in [0, 0.05) is 38.0 Å². The summed E-state index contributed by atoms with van der Waals surface area (Å²) in [4.78, 5) is 20.6. The van der Waals surface area contributed by atoms with Gasteiger partial charge in [-0.05, 0) is 40.6 Å². The number of nitrogens with one attached hydrogen (secondary N) is 2. The monoisotopic (exact) mass is 1050 g/mol. The van der Waals surface area contributed by atoms with E-state index in [0.717, 1.165) is 11.8 Å². The highest BCUT2D eigenvalue weighted by Crippen LogP contribution is 2.37. The molecule has 1 saturated heterocycles. The molecule has 6 N–H and O–H groups in total. The average molecular weight is 1050 g/mol. The molecule has 4 unspecified atom stereocenters. The quantitative estimate of drug-likeness (QED) is 0.0234. The van der Waals surface area contributed by atoms with Gasteiger partial charge in [0.05, 0.1) is 137 Å². The third-order valence-electron chi connectivity index (χ3n) is 9.87. The van der Waals surface area contributed by atoms with Crippen molar-refractivity contribution in [1.29, 1.82) is 5.41 Å². The summed E-state index contributed by atoms with van der Waals surface area (Å²) in [6.45, 7) is 11.5. The lowest BCUT2D eigenvalue weighted by Crippen LogP contribution is -2.40. The Morgan fingerprint density at radius 1 is 0.900 bits per heavy atom. The second-order valence-corrected chi connectivity index (χ2v) is 17.0. The maximum atomic E-state index is 12.0. The van der Waals surface area contributed by atoms with Crippen LogP contribution in [0, 0.1) is 5.41 Å². The van der Waals surface area contributed by atoms with Crippen molar-refractivity contribution in [3.63, 3.8) is 0 Å². The Labute approximate surface area is 421 Å². The van der Waals surface area contributed by atoms with Crippen molar-refractivity contribution in [3.8, 4) is 0 Å². The van der Waals surface area contributed by atoms with Gasteiger partial charge < -0.3 is 78.6 Å². The number of hydrogen-bond acceptors (Lipinski definition) is 21. The summed E-state index contributed by atoms with van der Waals surface area (Å²) in [5.41, 5.74) is 7.25. The van der Waals surface area contributed by atoms with Crippen molar-refractivity contribution in [2.24, 2.45) is 5.73 Å². The predicted octanol–water partition coefficient (Wildman–Crippen LogP) is 3.70. The van der Waals surface area contributed by atoms with Crippen LogP contribution in [0.3, 0.4) is 0 Å². The molecule has 0 spiro atoms. The number of benzene rings is 1. The van der Waals surface area contributed by atoms with Gasteiger partial charge in [-0.15, -0.1) is 5.10 Å². The average Bonchev–Trinajstić information content (AvgIpc) is 4.03. The zero-order chi connectivity index (χ0) is 50.7. The molecule has 2 aromatic heterocycles. The molecule has 0 bridgehead atoms. The van der Waals surface area contributed by atoms with E-state index in [9.17, 15) is 14.6 Å². The lowest BCUT2D eigenvalue weighted by atomic mass is 10.2. The van der Waals surface area contributed by atoms with Crippen molar-refractivity contribution in [1.82, 2.24) is 25.0 Å². The van der Waals surface area contributed by atoms with Crippen LogP contribution in [0.2, 0.25) is 10.3 Å². The Balaban J connectivity index is 0.00000639. The van der Waals surface area contributed by atoms with E-state index in [1.54, 1.807) is 10.7 Å². The predicted molar refractivity (Wildman–Crippen MR) is 262 cm³/mol. The summed E-state index contributed by atoms with van der Waals surface area (Å²) in [6.07, 6.45) is 3.00. The molecule has 26 heteroatoms. The molecular formula is C44H73Cl2N9O14P+. The van der Waals surface area contributed by atoms with E-state index < -0.39 is 32.3 Å². The highest BCUT2D eigenvalue weighted by Gasteiger charge is 2.51. The molecule has 70 heavy (non-hydrogen) atoms. The molecule has 1 aliphatic rings. The zero-order valence-electron chi connectivity index (χ0n) is 40.6. The van der Waals surface area contributed by atoms with Crippen molar-refractivity contribution >= 4 is 49.1 Å². The summed E-state index contributed by atoms with van der Waals surface area (Å²) in [5.74, 6) is 0.656. The van der Waals surface area contributed by atoms with Gasteiger partial charge in [-0.2, -0.15) is 14.9 Å². The number of hydrogen-bond donors (Lipinski definition) is 5. The number of anilines is 2. The molecular weight excluding hydrogens is 980 g/mol. The van der Waals surface area contributed by atoms with E-state index in [1.807, 2.05) is 43.1 Å². The Bertz CT molecular complexity index is 1870. The van der Waals surface area contributed by atoms with Crippen molar-refractivity contribution in [3.05, 3.63) is 57.6 Å². The lowest BCUT2D eigenvalue weighted by Gasteiger charge is -2.27. The SMILES string of the molecule is CC.COCC(CO)(OCC1CCC(Nc2nc(Cl)nc(N(CCOCCOCCOCCOCc3cn(CCOCCOCCOCCOCCN)nn3)Cc3ccccc3Cl)c2C=N)O1)[P+](=O)O. The number of rotatable bonds is 41. The first-order valence-electron chi connectivity index (χ1n) is 23.3. The van der Waals surface area contributed by atoms with E-state index in [-0.39, 0.29) is 30.9 Å². The number of aliphatic hydroxyl groups is 1.